The zero-order valence-corrected chi connectivity index (χ0v) is 7.64. The standard InChI is InChI=1S/C9H13NO4/c10-9(8(13)14)3-4-1-2-5(9)6(4)7(11)12/h4-6H,1-3,10H2,(H,11,12)(H,13,14)/t4-,5-,6?,9-/m1/s1. The van der Waals surface area contributed by atoms with Crippen molar-refractivity contribution < 1.29 is 19.8 Å². The average Bonchev–Trinajstić information content (AvgIpc) is 2.58. The van der Waals surface area contributed by atoms with Gasteiger partial charge in [-0.2, -0.15) is 0 Å². The maximum absolute atomic E-state index is 11.0. The first kappa shape index (κ1) is 9.45. The van der Waals surface area contributed by atoms with Crippen LogP contribution in [0.1, 0.15) is 19.3 Å². The molecule has 2 aliphatic carbocycles. The fraction of sp³-hybridized carbons (Fsp3) is 0.778. The summed E-state index contributed by atoms with van der Waals surface area (Å²) in [5.74, 6) is -2.93. The number of hydrogen-bond donors (Lipinski definition) is 3. The predicted octanol–water partition coefficient (Wildman–Crippen LogP) is -0.101. The van der Waals surface area contributed by atoms with Gasteiger partial charge in [-0.3, -0.25) is 9.59 Å². The van der Waals surface area contributed by atoms with Gasteiger partial charge in [0.15, 0.2) is 0 Å². The second-order valence-electron chi connectivity index (χ2n) is 4.36. The number of fused-ring (bicyclic) bond motifs is 2. The summed E-state index contributed by atoms with van der Waals surface area (Å²) in [7, 11) is 0. The molecule has 4 atom stereocenters. The Morgan fingerprint density at radius 2 is 1.93 bits per heavy atom. The second kappa shape index (κ2) is 2.70. The third-order valence-corrected chi connectivity index (χ3v) is 3.73. The average molecular weight is 199 g/mol. The first-order chi connectivity index (χ1) is 6.47. The molecule has 4 N–H and O–H groups in total. The fourth-order valence-corrected chi connectivity index (χ4v) is 3.09. The minimum Gasteiger partial charge on any atom is -0.481 e. The van der Waals surface area contributed by atoms with Crippen molar-refractivity contribution in [1.29, 1.82) is 0 Å². The Morgan fingerprint density at radius 1 is 1.29 bits per heavy atom. The molecular weight excluding hydrogens is 186 g/mol. The summed E-state index contributed by atoms with van der Waals surface area (Å²) in [6.45, 7) is 0. The molecule has 14 heavy (non-hydrogen) atoms. The van der Waals surface area contributed by atoms with E-state index in [-0.39, 0.29) is 11.8 Å². The van der Waals surface area contributed by atoms with E-state index in [4.69, 9.17) is 15.9 Å². The maximum Gasteiger partial charge on any atom is 0.324 e. The van der Waals surface area contributed by atoms with Gasteiger partial charge >= 0.3 is 11.9 Å². The van der Waals surface area contributed by atoms with E-state index in [2.05, 4.69) is 0 Å². The van der Waals surface area contributed by atoms with Crippen molar-refractivity contribution in [3.8, 4) is 0 Å². The van der Waals surface area contributed by atoms with Crippen LogP contribution in [0.25, 0.3) is 0 Å². The number of rotatable bonds is 2. The number of carbonyl (C=O) groups is 2. The zero-order valence-electron chi connectivity index (χ0n) is 7.64. The van der Waals surface area contributed by atoms with E-state index < -0.39 is 23.4 Å². The molecule has 2 aliphatic rings. The molecule has 0 spiro atoms. The molecule has 2 fully saturated rings. The van der Waals surface area contributed by atoms with Gasteiger partial charge in [-0.25, -0.2) is 0 Å². The van der Waals surface area contributed by atoms with Gasteiger partial charge in [0.25, 0.3) is 0 Å². The van der Waals surface area contributed by atoms with Crippen LogP contribution in [-0.4, -0.2) is 27.7 Å². The molecule has 0 aromatic rings. The van der Waals surface area contributed by atoms with Gasteiger partial charge in [0, 0.05) is 5.92 Å². The van der Waals surface area contributed by atoms with E-state index in [9.17, 15) is 9.59 Å². The maximum atomic E-state index is 11.0. The number of carboxylic acids is 2. The van der Waals surface area contributed by atoms with Crippen molar-refractivity contribution in [2.45, 2.75) is 24.8 Å². The quantitative estimate of drug-likeness (QED) is 0.576. The van der Waals surface area contributed by atoms with E-state index >= 15 is 0 Å². The van der Waals surface area contributed by atoms with E-state index in [0.29, 0.717) is 12.8 Å². The SMILES string of the molecule is N[C@]1(C(=O)O)C[C@H]2CC[C@@H]1C2C(=O)O. The highest BCUT2D eigenvalue weighted by Crippen LogP contribution is 2.53. The monoisotopic (exact) mass is 199 g/mol. The van der Waals surface area contributed by atoms with Crippen molar-refractivity contribution in [3.63, 3.8) is 0 Å². The molecule has 0 aromatic carbocycles. The highest BCUT2D eigenvalue weighted by Gasteiger charge is 2.61. The summed E-state index contributed by atoms with van der Waals surface area (Å²) < 4.78 is 0. The Hall–Kier alpha value is -1.10. The Kier molecular flexibility index (Phi) is 1.82. The molecule has 5 heteroatoms. The highest BCUT2D eigenvalue weighted by atomic mass is 16.4. The lowest BCUT2D eigenvalue weighted by molar-refractivity contribution is -0.147. The predicted molar refractivity (Wildman–Crippen MR) is 46.5 cm³/mol. The summed E-state index contributed by atoms with van der Waals surface area (Å²) in [4.78, 5) is 21.9. The minimum atomic E-state index is -1.30. The van der Waals surface area contributed by atoms with Gasteiger partial charge in [0.05, 0.1) is 5.92 Å². The number of carboxylic acid groups (broad SMARTS) is 2. The molecule has 0 aliphatic heterocycles. The fourth-order valence-electron chi connectivity index (χ4n) is 3.09. The molecule has 0 radical (unpaired) electrons. The Bertz CT molecular complexity index is 303. The van der Waals surface area contributed by atoms with Crippen LogP contribution in [0, 0.1) is 17.8 Å². The first-order valence-electron chi connectivity index (χ1n) is 4.72. The molecule has 78 valence electrons. The van der Waals surface area contributed by atoms with Crippen LogP contribution in [0.5, 0.6) is 0 Å². The molecule has 2 saturated carbocycles. The lowest BCUT2D eigenvalue weighted by atomic mass is 9.81. The Labute approximate surface area is 80.9 Å². The van der Waals surface area contributed by atoms with Crippen molar-refractivity contribution in [2.75, 3.05) is 0 Å². The van der Waals surface area contributed by atoms with Gasteiger partial charge in [-0.05, 0) is 25.2 Å². The van der Waals surface area contributed by atoms with Crippen molar-refractivity contribution in [1.82, 2.24) is 0 Å². The largest absolute Gasteiger partial charge is 0.481 e. The normalized spacial score (nSPS) is 45.4. The van der Waals surface area contributed by atoms with E-state index in [1.54, 1.807) is 0 Å². The molecule has 0 saturated heterocycles. The number of hydrogen-bond acceptors (Lipinski definition) is 3. The second-order valence-corrected chi connectivity index (χ2v) is 4.36. The van der Waals surface area contributed by atoms with Crippen LogP contribution >= 0.6 is 0 Å². The van der Waals surface area contributed by atoms with Gasteiger partial charge in [-0.1, -0.05) is 0 Å². The van der Waals surface area contributed by atoms with E-state index in [0.717, 1.165) is 6.42 Å². The van der Waals surface area contributed by atoms with E-state index in [1.807, 2.05) is 0 Å². The van der Waals surface area contributed by atoms with Crippen molar-refractivity contribution >= 4 is 11.9 Å². The summed E-state index contributed by atoms with van der Waals surface area (Å²) in [5.41, 5.74) is 4.45. The smallest absolute Gasteiger partial charge is 0.324 e. The lowest BCUT2D eigenvalue weighted by Crippen LogP contribution is -2.53. The topological polar surface area (TPSA) is 101 Å². The van der Waals surface area contributed by atoms with Gasteiger partial charge in [0.2, 0.25) is 0 Å². The molecule has 0 heterocycles. The molecule has 5 nitrogen and oxygen atoms in total. The summed E-state index contributed by atoms with van der Waals surface area (Å²) >= 11 is 0. The molecule has 2 bridgehead atoms. The van der Waals surface area contributed by atoms with Crippen LogP contribution in [0.4, 0.5) is 0 Å². The molecular formula is C9H13NO4. The third kappa shape index (κ3) is 0.987. The summed E-state index contributed by atoms with van der Waals surface area (Å²) in [5, 5.41) is 17.9. The van der Waals surface area contributed by atoms with Crippen LogP contribution in [0.3, 0.4) is 0 Å². The Balaban J connectivity index is 2.31. The van der Waals surface area contributed by atoms with Crippen LogP contribution in [0.15, 0.2) is 0 Å². The minimum absolute atomic E-state index is 0.0430. The van der Waals surface area contributed by atoms with Crippen LogP contribution in [0.2, 0.25) is 0 Å². The van der Waals surface area contributed by atoms with Crippen molar-refractivity contribution in [2.24, 2.45) is 23.5 Å². The van der Waals surface area contributed by atoms with Gasteiger partial charge in [0.1, 0.15) is 5.54 Å². The van der Waals surface area contributed by atoms with Gasteiger partial charge < -0.3 is 15.9 Å². The molecule has 1 unspecified atom stereocenters. The molecule has 0 aromatic heterocycles. The zero-order chi connectivity index (χ0) is 10.5. The summed E-state index contributed by atoms with van der Waals surface area (Å²) in [6, 6.07) is 0. The molecule has 2 rings (SSSR count). The number of nitrogens with two attached hydrogens (primary N) is 1. The lowest BCUT2D eigenvalue weighted by Gasteiger charge is -2.29. The first-order valence-corrected chi connectivity index (χ1v) is 4.72. The molecule has 0 amide bonds. The van der Waals surface area contributed by atoms with Crippen LogP contribution in [-0.2, 0) is 9.59 Å². The number of aliphatic carboxylic acids is 2. The van der Waals surface area contributed by atoms with Crippen molar-refractivity contribution in [3.05, 3.63) is 0 Å². The van der Waals surface area contributed by atoms with Gasteiger partial charge in [-0.15, -0.1) is 0 Å². The third-order valence-electron chi connectivity index (χ3n) is 3.73. The highest BCUT2D eigenvalue weighted by molar-refractivity contribution is 5.83. The Morgan fingerprint density at radius 3 is 2.29 bits per heavy atom. The van der Waals surface area contributed by atoms with E-state index in [1.165, 1.54) is 0 Å². The summed E-state index contributed by atoms with van der Waals surface area (Å²) in [6.07, 6.45) is 1.74. The van der Waals surface area contributed by atoms with Crippen LogP contribution < -0.4 is 5.73 Å².